The number of para-hydroxylation sites is 1. The van der Waals surface area contributed by atoms with E-state index in [0.717, 1.165) is 26.6 Å². The van der Waals surface area contributed by atoms with Crippen molar-refractivity contribution in [2.45, 2.75) is 16.6 Å². The zero-order valence-electron chi connectivity index (χ0n) is 19.2. The van der Waals surface area contributed by atoms with Crippen LogP contribution in [0.3, 0.4) is 0 Å². The van der Waals surface area contributed by atoms with Gasteiger partial charge in [0.1, 0.15) is 11.6 Å². The van der Waals surface area contributed by atoms with Crippen molar-refractivity contribution in [1.29, 1.82) is 5.26 Å². The Balaban J connectivity index is 1.33. The number of thioether (sulfide) groups is 1. The molecule has 0 saturated heterocycles. The van der Waals surface area contributed by atoms with Crippen LogP contribution in [0, 0.1) is 11.3 Å². The lowest BCUT2D eigenvalue weighted by molar-refractivity contribution is -0.112. The minimum Gasteiger partial charge on any atom is -0.342 e. The van der Waals surface area contributed by atoms with Crippen LogP contribution in [-0.4, -0.2) is 20.7 Å². The Morgan fingerprint density at radius 3 is 2.42 bits per heavy atom. The van der Waals surface area contributed by atoms with Crippen LogP contribution in [0.4, 0.5) is 5.13 Å². The first-order valence-corrected chi connectivity index (χ1v) is 13.0. The van der Waals surface area contributed by atoms with Crippen LogP contribution < -0.4 is 5.32 Å². The first kappa shape index (κ1) is 23.5. The molecule has 176 valence electrons. The van der Waals surface area contributed by atoms with Crippen molar-refractivity contribution in [3.63, 3.8) is 0 Å². The summed E-state index contributed by atoms with van der Waals surface area (Å²) in [6, 6.07) is 30.3. The Labute approximate surface area is 216 Å². The molecular weight excluding hydrogens is 486 g/mol. The Bertz CT molecular complexity index is 1570. The van der Waals surface area contributed by atoms with Gasteiger partial charge >= 0.3 is 0 Å². The lowest BCUT2D eigenvalue weighted by Gasteiger charge is -2.05. The van der Waals surface area contributed by atoms with Gasteiger partial charge < -0.3 is 4.57 Å². The molecule has 5 rings (SSSR count). The van der Waals surface area contributed by atoms with E-state index in [1.54, 1.807) is 17.8 Å². The molecule has 0 bridgehead atoms. The summed E-state index contributed by atoms with van der Waals surface area (Å²) in [5.74, 6) is 0.257. The average molecular weight is 508 g/mol. The minimum atomic E-state index is -0.506. The summed E-state index contributed by atoms with van der Waals surface area (Å²) in [5.41, 5.74) is 4.21. The largest absolute Gasteiger partial charge is 0.342 e. The third-order valence-electron chi connectivity index (χ3n) is 5.51. The van der Waals surface area contributed by atoms with Crippen LogP contribution in [0.1, 0.15) is 16.7 Å². The van der Waals surface area contributed by atoms with Crippen LogP contribution in [0.5, 0.6) is 0 Å². The second kappa shape index (κ2) is 11.0. The van der Waals surface area contributed by atoms with Crippen LogP contribution in [0.2, 0.25) is 0 Å². The summed E-state index contributed by atoms with van der Waals surface area (Å²) in [6.45, 7) is 0.692. The second-order valence-corrected chi connectivity index (χ2v) is 10.2. The summed E-state index contributed by atoms with van der Waals surface area (Å²) < 4.78 is 2.88. The number of carbonyl (C=O) groups excluding carboxylic acids is 1. The molecular formula is C28H21N5OS2. The van der Waals surface area contributed by atoms with Crippen molar-refractivity contribution in [2.24, 2.45) is 0 Å². The zero-order chi connectivity index (χ0) is 24.7. The van der Waals surface area contributed by atoms with Crippen LogP contribution in [0.15, 0.2) is 101 Å². The number of benzene rings is 3. The molecule has 0 fully saturated rings. The standard InChI is InChI=1S/C28H21N5OS2/c29-16-22(26(34)30-27-31-32-28(36-27)35-19-21-11-5-2-6-12-21)15-23-18-33(17-20-9-3-1-4-10-20)25-14-8-7-13-24(23)25/h1-15,18H,17,19H2,(H,30,31,34)/b22-15+. The molecule has 3 aromatic carbocycles. The topological polar surface area (TPSA) is 83.6 Å². The van der Waals surface area contributed by atoms with Gasteiger partial charge in [0.15, 0.2) is 4.34 Å². The normalized spacial score (nSPS) is 11.4. The van der Waals surface area contributed by atoms with Crippen molar-refractivity contribution in [3.8, 4) is 6.07 Å². The molecule has 0 saturated carbocycles. The number of fused-ring (bicyclic) bond motifs is 1. The number of amides is 1. The molecule has 0 aliphatic heterocycles. The molecule has 8 heteroatoms. The summed E-state index contributed by atoms with van der Waals surface area (Å²) in [4.78, 5) is 12.9. The molecule has 0 radical (unpaired) electrons. The Hall–Kier alpha value is -4.19. The van der Waals surface area contributed by atoms with E-state index in [1.807, 2.05) is 72.9 Å². The van der Waals surface area contributed by atoms with E-state index in [9.17, 15) is 10.1 Å². The van der Waals surface area contributed by atoms with Gasteiger partial charge in [-0.25, -0.2) is 0 Å². The summed E-state index contributed by atoms with van der Waals surface area (Å²) in [6.07, 6.45) is 3.61. The number of hydrogen-bond donors (Lipinski definition) is 1. The zero-order valence-corrected chi connectivity index (χ0v) is 20.8. The highest BCUT2D eigenvalue weighted by atomic mass is 32.2. The van der Waals surface area contributed by atoms with Crippen molar-refractivity contribution in [2.75, 3.05) is 5.32 Å². The maximum absolute atomic E-state index is 12.9. The number of nitrogens with one attached hydrogen (secondary N) is 1. The molecule has 0 aliphatic carbocycles. The quantitative estimate of drug-likeness (QED) is 0.114. The smallest absolute Gasteiger partial charge is 0.268 e. The molecule has 2 heterocycles. The third-order valence-corrected chi connectivity index (χ3v) is 7.56. The molecule has 0 atom stereocenters. The fraction of sp³-hybridized carbons (Fsp3) is 0.0714. The van der Waals surface area contributed by atoms with Crippen molar-refractivity contribution < 1.29 is 4.79 Å². The van der Waals surface area contributed by atoms with Crippen LogP contribution in [-0.2, 0) is 17.1 Å². The fourth-order valence-corrected chi connectivity index (χ4v) is 5.51. The highest BCUT2D eigenvalue weighted by Gasteiger charge is 2.15. The van der Waals surface area contributed by atoms with E-state index in [4.69, 9.17) is 0 Å². The van der Waals surface area contributed by atoms with Gasteiger partial charge in [-0.15, -0.1) is 10.2 Å². The molecule has 36 heavy (non-hydrogen) atoms. The number of rotatable bonds is 8. The van der Waals surface area contributed by atoms with Gasteiger partial charge in [-0.2, -0.15) is 5.26 Å². The predicted octanol–water partition coefficient (Wildman–Crippen LogP) is 6.38. The number of nitrogens with zero attached hydrogens (tertiary/aromatic N) is 4. The van der Waals surface area contributed by atoms with Gasteiger partial charge in [0.25, 0.3) is 5.91 Å². The SMILES string of the molecule is N#C/C(=C\c1cn(Cc2ccccc2)c2ccccc12)C(=O)Nc1nnc(SCc2ccccc2)s1. The maximum Gasteiger partial charge on any atom is 0.268 e. The molecule has 1 N–H and O–H groups in total. The highest BCUT2D eigenvalue weighted by molar-refractivity contribution is 8.00. The van der Waals surface area contributed by atoms with Gasteiger partial charge in [-0.3, -0.25) is 10.1 Å². The van der Waals surface area contributed by atoms with E-state index in [2.05, 4.69) is 44.3 Å². The Morgan fingerprint density at radius 2 is 1.67 bits per heavy atom. The number of anilines is 1. The lowest BCUT2D eigenvalue weighted by Crippen LogP contribution is -2.13. The molecule has 6 nitrogen and oxygen atoms in total. The average Bonchev–Trinajstić information content (AvgIpc) is 3.51. The van der Waals surface area contributed by atoms with E-state index in [0.29, 0.717) is 11.7 Å². The first-order chi connectivity index (χ1) is 17.7. The fourth-order valence-electron chi connectivity index (χ4n) is 3.81. The summed E-state index contributed by atoms with van der Waals surface area (Å²) in [7, 11) is 0. The van der Waals surface area contributed by atoms with Gasteiger partial charge in [-0.05, 0) is 23.3 Å². The third kappa shape index (κ3) is 5.54. The molecule has 5 aromatic rings. The highest BCUT2D eigenvalue weighted by Crippen LogP contribution is 2.29. The Kier molecular flexibility index (Phi) is 7.22. The molecule has 0 aliphatic rings. The van der Waals surface area contributed by atoms with Gasteiger partial charge in [0.05, 0.1) is 0 Å². The van der Waals surface area contributed by atoms with Gasteiger partial charge in [0, 0.05) is 35.0 Å². The van der Waals surface area contributed by atoms with Crippen molar-refractivity contribution >= 4 is 51.1 Å². The monoisotopic (exact) mass is 507 g/mol. The number of carbonyl (C=O) groups is 1. The van der Waals surface area contributed by atoms with E-state index in [1.165, 1.54) is 22.5 Å². The van der Waals surface area contributed by atoms with E-state index in [-0.39, 0.29) is 5.57 Å². The van der Waals surface area contributed by atoms with Gasteiger partial charge in [-0.1, -0.05) is 102 Å². The molecule has 2 aromatic heterocycles. The van der Waals surface area contributed by atoms with Crippen LogP contribution >= 0.6 is 23.1 Å². The van der Waals surface area contributed by atoms with E-state index >= 15 is 0 Å². The minimum absolute atomic E-state index is 0.00584. The molecule has 0 spiro atoms. The van der Waals surface area contributed by atoms with Gasteiger partial charge in [0.2, 0.25) is 5.13 Å². The van der Waals surface area contributed by atoms with E-state index < -0.39 is 5.91 Å². The Morgan fingerprint density at radius 1 is 0.972 bits per heavy atom. The lowest BCUT2D eigenvalue weighted by atomic mass is 10.1. The predicted molar refractivity (Wildman–Crippen MR) is 146 cm³/mol. The van der Waals surface area contributed by atoms with Crippen LogP contribution in [0.25, 0.3) is 17.0 Å². The first-order valence-electron chi connectivity index (χ1n) is 11.2. The number of nitriles is 1. The van der Waals surface area contributed by atoms with Crippen molar-refractivity contribution in [3.05, 3.63) is 113 Å². The second-order valence-electron chi connectivity index (χ2n) is 7.99. The molecule has 0 unspecified atom stereocenters. The number of hydrogen-bond acceptors (Lipinski definition) is 6. The number of aromatic nitrogens is 3. The summed E-state index contributed by atoms with van der Waals surface area (Å²) >= 11 is 2.84. The maximum atomic E-state index is 12.9. The summed E-state index contributed by atoms with van der Waals surface area (Å²) in [5, 5.41) is 22.0. The van der Waals surface area contributed by atoms with Crippen molar-refractivity contribution in [1.82, 2.24) is 14.8 Å². The molecule has 1 amide bonds.